The molecule has 27 heavy (non-hydrogen) atoms. The van der Waals surface area contributed by atoms with Gasteiger partial charge in [-0.1, -0.05) is 30.0 Å². The number of hydrogen-bond donors (Lipinski definition) is 0. The molecule has 1 aromatic rings. The van der Waals surface area contributed by atoms with E-state index in [0.717, 1.165) is 5.56 Å². The van der Waals surface area contributed by atoms with Crippen LogP contribution in [0.5, 0.6) is 11.5 Å². The molecule has 2 fully saturated rings. The molecule has 1 aromatic carbocycles. The van der Waals surface area contributed by atoms with Crippen LogP contribution in [0.1, 0.15) is 5.56 Å². The molecular formula is C18H20N2O5S2. The van der Waals surface area contributed by atoms with Crippen LogP contribution >= 0.6 is 24.0 Å². The molecule has 2 amide bonds. The van der Waals surface area contributed by atoms with Crippen LogP contribution in [0, 0.1) is 0 Å². The first kappa shape index (κ1) is 19.7. The zero-order valence-corrected chi connectivity index (χ0v) is 16.7. The molecule has 2 aliphatic rings. The molecule has 9 heteroatoms. The van der Waals surface area contributed by atoms with E-state index in [4.69, 9.17) is 26.4 Å². The Morgan fingerprint density at radius 2 is 2.07 bits per heavy atom. The Hall–Kier alpha value is -2.10. The monoisotopic (exact) mass is 408 g/mol. The maximum atomic E-state index is 12.2. The van der Waals surface area contributed by atoms with Crippen LogP contribution in [0.15, 0.2) is 23.1 Å². The highest BCUT2D eigenvalue weighted by Crippen LogP contribution is 2.34. The Morgan fingerprint density at radius 3 is 2.70 bits per heavy atom. The fraction of sp³-hybridized carbons (Fsp3) is 0.389. The van der Waals surface area contributed by atoms with Crippen molar-refractivity contribution >= 4 is 46.2 Å². The normalized spacial score (nSPS) is 19.0. The Morgan fingerprint density at radius 1 is 1.33 bits per heavy atom. The molecule has 0 radical (unpaired) electrons. The Kier molecular flexibility index (Phi) is 6.35. The number of methoxy groups -OCH3 is 1. The summed E-state index contributed by atoms with van der Waals surface area (Å²) in [6.07, 6.45) is 1.76. The number of rotatable bonds is 5. The van der Waals surface area contributed by atoms with Crippen molar-refractivity contribution in [1.29, 1.82) is 0 Å². The summed E-state index contributed by atoms with van der Waals surface area (Å²) in [5.74, 6) is 0.751. The van der Waals surface area contributed by atoms with Crippen molar-refractivity contribution in [3.8, 4) is 11.5 Å². The Bertz CT molecular complexity index is 790. The smallest absolute Gasteiger partial charge is 0.265 e. The lowest BCUT2D eigenvalue weighted by Gasteiger charge is -2.26. The SMILES string of the molecule is COc1cc(/C=C2/SC(=S)N(C)C2=O)ccc1OCC(=O)N1CCOCC1. The summed E-state index contributed by atoms with van der Waals surface area (Å²) < 4.78 is 16.8. The summed E-state index contributed by atoms with van der Waals surface area (Å²) in [4.78, 5) is 28.0. The van der Waals surface area contributed by atoms with E-state index >= 15 is 0 Å². The molecule has 0 N–H and O–H groups in total. The van der Waals surface area contributed by atoms with Crippen LogP contribution in [0.25, 0.3) is 6.08 Å². The number of ether oxygens (including phenoxy) is 3. The second-order valence-electron chi connectivity index (χ2n) is 5.93. The van der Waals surface area contributed by atoms with Gasteiger partial charge in [-0.25, -0.2) is 0 Å². The molecule has 0 bridgehead atoms. The highest BCUT2D eigenvalue weighted by molar-refractivity contribution is 8.26. The van der Waals surface area contributed by atoms with E-state index in [1.54, 1.807) is 36.2 Å². The minimum Gasteiger partial charge on any atom is -0.493 e. The lowest BCUT2D eigenvalue weighted by atomic mass is 10.2. The van der Waals surface area contributed by atoms with E-state index in [9.17, 15) is 9.59 Å². The van der Waals surface area contributed by atoms with Gasteiger partial charge in [0.15, 0.2) is 18.1 Å². The number of likely N-dealkylation sites (N-methyl/N-ethyl adjacent to an activating group) is 1. The zero-order chi connectivity index (χ0) is 19.4. The zero-order valence-electron chi connectivity index (χ0n) is 15.1. The topological polar surface area (TPSA) is 68.3 Å². The van der Waals surface area contributed by atoms with Crippen LogP contribution in [0.2, 0.25) is 0 Å². The van der Waals surface area contributed by atoms with E-state index in [1.165, 1.54) is 23.8 Å². The van der Waals surface area contributed by atoms with Gasteiger partial charge >= 0.3 is 0 Å². The van der Waals surface area contributed by atoms with Crippen molar-refractivity contribution in [3.63, 3.8) is 0 Å². The summed E-state index contributed by atoms with van der Waals surface area (Å²) >= 11 is 6.39. The van der Waals surface area contributed by atoms with Gasteiger partial charge in [-0.15, -0.1) is 0 Å². The van der Waals surface area contributed by atoms with E-state index in [1.807, 2.05) is 0 Å². The third-order valence-electron chi connectivity index (χ3n) is 4.19. The number of carbonyl (C=O) groups is 2. The first-order valence-electron chi connectivity index (χ1n) is 8.37. The second-order valence-corrected chi connectivity index (χ2v) is 7.61. The molecule has 7 nitrogen and oxygen atoms in total. The van der Waals surface area contributed by atoms with Crippen molar-refractivity contribution in [2.75, 3.05) is 47.1 Å². The predicted octanol–water partition coefficient (Wildman–Crippen LogP) is 1.76. The average molecular weight is 409 g/mol. The van der Waals surface area contributed by atoms with Crippen molar-refractivity contribution in [1.82, 2.24) is 9.80 Å². The van der Waals surface area contributed by atoms with Crippen LogP contribution in [0.4, 0.5) is 0 Å². The predicted molar refractivity (Wildman–Crippen MR) is 107 cm³/mol. The molecule has 0 aromatic heterocycles. The van der Waals surface area contributed by atoms with Gasteiger partial charge in [0.1, 0.15) is 4.32 Å². The van der Waals surface area contributed by atoms with Crippen molar-refractivity contribution in [3.05, 3.63) is 28.7 Å². The van der Waals surface area contributed by atoms with Gasteiger partial charge in [-0.3, -0.25) is 14.5 Å². The molecule has 0 saturated carbocycles. The first-order valence-corrected chi connectivity index (χ1v) is 9.60. The lowest BCUT2D eigenvalue weighted by Crippen LogP contribution is -2.43. The van der Waals surface area contributed by atoms with E-state index in [0.29, 0.717) is 47.0 Å². The molecule has 0 atom stereocenters. The molecular weight excluding hydrogens is 388 g/mol. The van der Waals surface area contributed by atoms with Gasteiger partial charge in [-0.05, 0) is 23.8 Å². The quantitative estimate of drug-likeness (QED) is 0.543. The third kappa shape index (κ3) is 4.60. The second kappa shape index (κ2) is 8.73. The van der Waals surface area contributed by atoms with E-state index in [-0.39, 0.29) is 18.4 Å². The molecule has 144 valence electrons. The van der Waals surface area contributed by atoms with Crippen LogP contribution in [0.3, 0.4) is 0 Å². The summed E-state index contributed by atoms with van der Waals surface area (Å²) in [5, 5.41) is 0. The van der Waals surface area contributed by atoms with Crippen molar-refractivity contribution < 1.29 is 23.8 Å². The lowest BCUT2D eigenvalue weighted by molar-refractivity contribution is -0.137. The molecule has 0 unspecified atom stereocenters. The van der Waals surface area contributed by atoms with Crippen LogP contribution in [-0.2, 0) is 14.3 Å². The van der Waals surface area contributed by atoms with E-state index < -0.39 is 0 Å². The maximum absolute atomic E-state index is 12.2. The first-order chi connectivity index (χ1) is 13.0. The molecule has 0 spiro atoms. The minimum atomic E-state index is -0.125. The fourth-order valence-electron chi connectivity index (χ4n) is 2.63. The van der Waals surface area contributed by atoms with Crippen LogP contribution in [-0.4, -0.2) is 73.0 Å². The summed E-state index contributed by atoms with van der Waals surface area (Å²) in [6, 6.07) is 5.29. The fourth-order valence-corrected chi connectivity index (χ4v) is 3.81. The average Bonchev–Trinajstić information content (AvgIpc) is 2.93. The van der Waals surface area contributed by atoms with Gasteiger partial charge in [-0.2, -0.15) is 0 Å². The van der Waals surface area contributed by atoms with Gasteiger partial charge < -0.3 is 19.1 Å². The number of nitrogens with zero attached hydrogens (tertiary/aromatic N) is 2. The molecule has 3 rings (SSSR count). The number of morpholine rings is 1. The van der Waals surface area contributed by atoms with Gasteiger partial charge in [0.2, 0.25) is 0 Å². The summed E-state index contributed by atoms with van der Waals surface area (Å²) in [7, 11) is 3.18. The highest BCUT2D eigenvalue weighted by Gasteiger charge is 2.28. The summed E-state index contributed by atoms with van der Waals surface area (Å²) in [6.45, 7) is 2.19. The molecule has 2 heterocycles. The van der Waals surface area contributed by atoms with Crippen LogP contribution < -0.4 is 9.47 Å². The largest absolute Gasteiger partial charge is 0.493 e. The van der Waals surface area contributed by atoms with E-state index in [2.05, 4.69) is 0 Å². The number of thioether (sulfide) groups is 1. The maximum Gasteiger partial charge on any atom is 0.265 e. The van der Waals surface area contributed by atoms with Crippen molar-refractivity contribution in [2.45, 2.75) is 0 Å². The number of thiocarbonyl (C=S) groups is 1. The van der Waals surface area contributed by atoms with Gasteiger partial charge in [0.05, 0.1) is 25.2 Å². The number of hydrogen-bond acceptors (Lipinski definition) is 7. The number of benzene rings is 1. The van der Waals surface area contributed by atoms with Gasteiger partial charge in [0.25, 0.3) is 11.8 Å². The van der Waals surface area contributed by atoms with Crippen molar-refractivity contribution in [2.24, 2.45) is 0 Å². The standard InChI is InChI=1S/C18H20N2O5S2/c1-19-17(22)15(27-18(19)26)10-12-3-4-13(14(9-12)23-2)25-11-16(21)20-5-7-24-8-6-20/h3-4,9-10H,5-8,11H2,1-2H3/b15-10+. The Balaban J connectivity index is 1.68. The number of carbonyl (C=O) groups excluding carboxylic acids is 2. The molecule has 2 saturated heterocycles. The number of amides is 2. The summed E-state index contributed by atoms with van der Waals surface area (Å²) in [5.41, 5.74) is 0.785. The molecule has 0 aliphatic carbocycles. The molecule has 2 aliphatic heterocycles. The van der Waals surface area contributed by atoms with Gasteiger partial charge in [0, 0.05) is 20.1 Å². The Labute approximate surface area is 167 Å². The third-order valence-corrected chi connectivity index (χ3v) is 5.67. The highest BCUT2D eigenvalue weighted by atomic mass is 32.2. The minimum absolute atomic E-state index is 0.0653.